The van der Waals surface area contributed by atoms with Gasteiger partial charge in [0.2, 0.25) is 11.8 Å². The molecule has 8 heteroatoms. The van der Waals surface area contributed by atoms with Gasteiger partial charge >= 0.3 is 0 Å². The molecule has 0 unspecified atom stereocenters. The zero-order valence-electron chi connectivity index (χ0n) is 15.5. The third kappa shape index (κ3) is 4.07. The molecule has 0 radical (unpaired) electrons. The van der Waals surface area contributed by atoms with E-state index in [0.717, 1.165) is 10.0 Å². The summed E-state index contributed by atoms with van der Waals surface area (Å²) in [6, 6.07) is 18.3. The molecule has 0 aliphatic rings. The number of rotatable bonds is 6. The first kappa shape index (κ1) is 18.9. The van der Waals surface area contributed by atoms with Crippen LogP contribution in [0.5, 0.6) is 5.75 Å². The third-order valence-electron chi connectivity index (χ3n) is 4.22. The summed E-state index contributed by atoms with van der Waals surface area (Å²) in [5, 5.41) is 7.56. The minimum absolute atomic E-state index is 0.312. The maximum Gasteiger partial charge on any atom is 0.285 e. The molecule has 146 valence electrons. The number of nitrogens with zero attached hydrogens (tertiary/aromatic N) is 3. The highest BCUT2D eigenvalue weighted by Crippen LogP contribution is 2.23. The number of nitrogens with one attached hydrogen (secondary N) is 1. The van der Waals surface area contributed by atoms with Crippen LogP contribution in [0.2, 0.25) is 0 Å². The molecule has 0 saturated heterocycles. The zero-order valence-corrected chi connectivity index (χ0v) is 17.1. The minimum atomic E-state index is -0.357. The Morgan fingerprint density at radius 3 is 2.79 bits per heavy atom. The number of benzene rings is 2. The molecule has 2 heterocycles. The van der Waals surface area contributed by atoms with Crippen LogP contribution in [-0.2, 0) is 6.54 Å². The first-order chi connectivity index (χ1) is 14.2. The van der Waals surface area contributed by atoms with Gasteiger partial charge in [-0.1, -0.05) is 40.2 Å². The molecule has 0 aliphatic heterocycles. The number of ether oxygens (including phenoxy) is 1. The fourth-order valence-corrected chi connectivity index (χ4v) is 3.29. The number of methoxy groups -OCH3 is 1. The average Bonchev–Trinajstić information content (AvgIpc) is 3.41. The van der Waals surface area contributed by atoms with Gasteiger partial charge in [0.1, 0.15) is 5.75 Å². The summed E-state index contributed by atoms with van der Waals surface area (Å²) in [5.74, 6) is 1.21. The Kier molecular flexibility index (Phi) is 5.44. The highest BCUT2D eigenvalue weighted by atomic mass is 79.9. The molecule has 0 amide bonds. The average molecular weight is 453 g/mol. The molecule has 1 N–H and O–H groups in total. The summed E-state index contributed by atoms with van der Waals surface area (Å²) in [6.45, 7) is 0.467. The highest BCUT2D eigenvalue weighted by Gasteiger charge is 2.22. The highest BCUT2D eigenvalue weighted by molar-refractivity contribution is 9.10. The topological polar surface area (TPSA) is 82.2 Å². The molecule has 7 nitrogen and oxygen atoms in total. The predicted molar refractivity (Wildman–Crippen MR) is 112 cm³/mol. The molecular weight excluding hydrogens is 436 g/mol. The van der Waals surface area contributed by atoms with E-state index < -0.39 is 0 Å². The van der Waals surface area contributed by atoms with Gasteiger partial charge in [0, 0.05) is 11.0 Å². The van der Waals surface area contributed by atoms with Crippen molar-refractivity contribution in [3.05, 3.63) is 82.5 Å². The Balaban J connectivity index is 1.70. The van der Waals surface area contributed by atoms with Gasteiger partial charge in [-0.15, -0.1) is 5.10 Å². The lowest BCUT2D eigenvalue weighted by molar-refractivity contribution is 0.0944. The summed E-state index contributed by atoms with van der Waals surface area (Å²) in [6.07, 6.45) is 1.53. The summed E-state index contributed by atoms with van der Waals surface area (Å²) in [7, 11) is 1.52. The van der Waals surface area contributed by atoms with Gasteiger partial charge in [-0.3, -0.25) is 4.79 Å². The fraction of sp³-hybridized carbons (Fsp3) is 0.0952. The molecule has 0 fully saturated rings. The molecule has 0 aliphatic carbocycles. The molecule has 0 saturated carbocycles. The van der Waals surface area contributed by atoms with Gasteiger partial charge in [0.25, 0.3) is 5.91 Å². The Morgan fingerprint density at radius 2 is 2.03 bits per heavy atom. The molecule has 4 aromatic rings. The number of furan rings is 1. The zero-order chi connectivity index (χ0) is 20.2. The lowest BCUT2D eigenvalue weighted by Gasteiger charge is -2.10. The lowest BCUT2D eigenvalue weighted by Crippen LogP contribution is -2.18. The second-order valence-corrected chi connectivity index (χ2v) is 7.05. The van der Waals surface area contributed by atoms with E-state index in [1.54, 1.807) is 36.4 Å². The van der Waals surface area contributed by atoms with Crippen molar-refractivity contribution in [2.45, 2.75) is 6.54 Å². The number of carbonyl (C=O) groups excluding carboxylic acids is 1. The molecule has 4 rings (SSSR count). The maximum atomic E-state index is 13.2. The van der Waals surface area contributed by atoms with E-state index in [9.17, 15) is 4.79 Å². The minimum Gasteiger partial charge on any atom is -0.496 e. The van der Waals surface area contributed by atoms with Crippen molar-refractivity contribution in [2.24, 2.45) is 0 Å². The fourth-order valence-electron chi connectivity index (χ4n) is 2.84. The SMILES string of the molecule is COc1ccccc1C(=O)n1nc(-c2ccco2)nc1NCc1cccc(Br)c1. The van der Waals surface area contributed by atoms with E-state index in [4.69, 9.17) is 9.15 Å². The maximum absolute atomic E-state index is 13.2. The van der Waals surface area contributed by atoms with E-state index in [1.165, 1.54) is 18.1 Å². The normalized spacial score (nSPS) is 10.7. The predicted octanol–water partition coefficient (Wildman–Crippen LogP) is 4.61. The largest absolute Gasteiger partial charge is 0.496 e. The molecule has 0 atom stereocenters. The van der Waals surface area contributed by atoms with Gasteiger partial charge in [0.15, 0.2) is 5.76 Å². The number of hydrogen-bond donors (Lipinski definition) is 1. The van der Waals surface area contributed by atoms with E-state index in [0.29, 0.717) is 35.4 Å². The number of aromatic nitrogens is 3. The number of para-hydroxylation sites is 1. The van der Waals surface area contributed by atoms with Gasteiger partial charge in [0.05, 0.1) is 18.9 Å². The molecule has 0 spiro atoms. The van der Waals surface area contributed by atoms with Crippen molar-refractivity contribution >= 4 is 27.8 Å². The van der Waals surface area contributed by atoms with E-state index in [-0.39, 0.29) is 5.91 Å². The van der Waals surface area contributed by atoms with Crippen LogP contribution >= 0.6 is 15.9 Å². The standard InChI is InChI=1S/C21H17BrN4O3/c1-28-17-9-3-2-8-16(17)20(27)26-21(23-13-14-6-4-7-15(22)12-14)24-19(25-26)18-10-5-11-29-18/h2-12H,13H2,1H3,(H,23,24,25). The van der Waals surface area contributed by atoms with Crippen LogP contribution in [0.3, 0.4) is 0 Å². The number of carbonyl (C=O) groups is 1. The van der Waals surface area contributed by atoms with Gasteiger partial charge < -0.3 is 14.5 Å². The molecule has 2 aromatic heterocycles. The van der Waals surface area contributed by atoms with Crippen molar-refractivity contribution in [2.75, 3.05) is 12.4 Å². The Bertz CT molecular complexity index is 1140. The number of halogens is 1. The van der Waals surface area contributed by atoms with Crippen molar-refractivity contribution in [3.8, 4) is 17.3 Å². The van der Waals surface area contributed by atoms with Crippen LogP contribution in [0.4, 0.5) is 5.95 Å². The summed E-state index contributed by atoms with van der Waals surface area (Å²) in [5.41, 5.74) is 1.41. The first-order valence-electron chi connectivity index (χ1n) is 8.82. The quantitative estimate of drug-likeness (QED) is 0.459. The van der Waals surface area contributed by atoms with E-state index in [1.807, 2.05) is 24.3 Å². The van der Waals surface area contributed by atoms with Crippen LogP contribution in [-0.4, -0.2) is 27.8 Å². The lowest BCUT2D eigenvalue weighted by atomic mass is 10.2. The molecule has 29 heavy (non-hydrogen) atoms. The summed E-state index contributed by atoms with van der Waals surface area (Å²) in [4.78, 5) is 17.7. The van der Waals surface area contributed by atoms with Crippen LogP contribution in [0, 0.1) is 0 Å². The van der Waals surface area contributed by atoms with Crippen molar-refractivity contribution < 1.29 is 13.9 Å². The van der Waals surface area contributed by atoms with Crippen molar-refractivity contribution in [1.29, 1.82) is 0 Å². The molecular formula is C21H17BrN4O3. The Hall–Kier alpha value is -3.39. The van der Waals surface area contributed by atoms with Gasteiger partial charge in [-0.05, 0) is 42.0 Å². The Labute approximate surface area is 175 Å². The molecule has 2 aromatic carbocycles. The second kappa shape index (κ2) is 8.32. The monoisotopic (exact) mass is 452 g/mol. The van der Waals surface area contributed by atoms with Crippen LogP contribution < -0.4 is 10.1 Å². The molecule has 0 bridgehead atoms. The third-order valence-corrected chi connectivity index (χ3v) is 4.71. The van der Waals surface area contributed by atoms with E-state index >= 15 is 0 Å². The van der Waals surface area contributed by atoms with Gasteiger partial charge in [-0.2, -0.15) is 9.67 Å². The summed E-state index contributed by atoms with van der Waals surface area (Å²) < 4.78 is 12.9. The number of anilines is 1. The van der Waals surface area contributed by atoms with Crippen LogP contribution in [0.25, 0.3) is 11.6 Å². The first-order valence-corrected chi connectivity index (χ1v) is 9.62. The van der Waals surface area contributed by atoms with Crippen LogP contribution in [0.1, 0.15) is 15.9 Å². The van der Waals surface area contributed by atoms with Gasteiger partial charge in [-0.25, -0.2) is 0 Å². The number of hydrogen-bond acceptors (Lipinski definition) is 6. The second-order valence-electron chi connectivity index (χ2n) is 6.14. The van der Waals surface area contributed by atoms with E-state index in [2.05, 4.69) is 31.3 Å². The van der Waals surface area contributed by atoms with Crippen molar-refractivity contribution in [1.82, 2.24) is 14.8 Å². The Morgan fingerprint density at radius 1 is 1.17 bits per heavy atom. The van der Waals surface area contributed by atoms with Crippen LogP contribution in [0.15, 0.2) is 75.8 Å². The smallest absolute Gasteiger partial charge is 0.285 e. The van der Waals surface area contributed by atoms with Crippen molar-refractivity contribution in [3.63, 3.8) is 0 Å². The summed E-state index contributed by atoms with van der Waals surface area (Å²) >= 11 is 3.46.